The van der Waals surface area contributed by atoms with Crippen molar-refractivity contribution in [1.29, 1.82) is 0 Å². The first-order valence-electron chi connectivity index (χ1n) is 7.42. The minimum absolute atomic E-state index is 0. The fourth-order valence-electron chi connectivity index (χ4n) is 1.86. The largest absolute Gasteiger partial charge is 0.357 e. The van der Waals surface area contributed by atoms with E-state index in [1.54, 1.807) is 12.1 Å². The maximum Gasteiger partial charge on any atom is 0.269 e. The lowest BCUT2D eigenvalue weighted by molar-refractivity contribution is -0.384. The number of hydrogen-bond donors (Lipinski definition) is 2. The first kappa shape index (κ1) is 20.6. The lowest BCUT2D eigenvalue weighted by Gasteiger charge is -2.10. The lowest BCUT2D eigenvalue weighted by Crippen LogP contribution is -2.37. The number of unbranched alkanes of at least 4 members (excludes halogenated alkanes) is 2. The monoisotopic (exact) mass is 420 g/mol. The quantitative estimate of drug-likeness (QED) is 0.169. The predicted molar refractivity (Wildman–Crippen MR) is 101 cm³/mol. The van der Waals surface area contributed by atoms with E-state index in [9.17, 15) is 10.1 Å². The Morgan fingerprint density at radius 2 is 2.05 bits per heavy atom. The van der Waals surface area contributed by atoms with Crippen molar-refractivity contribution in [3.63, 3.8) is 0 Å². The van der Waals surface area contributed by atoms with Crippen molar-refractivity contribution in [1.82, 2.24) is 10.6 Å². The van der Waals surface area contributed by atoms with E-state index in [0.717, 1.165) is 31.0 Å². The second-order valence-electron chi connectivity index (χ2n) is 4.76. The molecule has 0 unspecified atom stereocenters. The van der Waals surface area contributed by atoms with Gasteiger partial charge in [0.1, 0.15) is 0 Å². The number of guanidine groups is 1. The fourth-order valence-corrected chi connectivity index (χ4v) is 1.86. The number of non-ortho nitro benzene ring substituents is 1. The summed E-state index contributed by atoms with van der Waals surface area (Å²) in [5, 5.41) is 17.2. The number of halogens is 1. The van der Waals surface area contributed by atoms with Gasteiger partial charge in [0.15, 0.2) is 5.96 Å². The molecule has 0 saturated carbocycles. The van der Waals surface area contributed by atoms with Crippen LogP contribution in [0, 0.1) is 10.1 Å². The molecule has 0 amide bonds. The molecule has 0 atom stereocenters. The second kappa shape index (κ2) is 12.2. The summed E-state index contributed by atoms with van der Waals surface area (Å²) in [4.78, 5) is 14.8. The summed E-state index contributed by atoms with van der Waals surface area (Å²) in [5.41, 5.74) is 0.929. The van der Waals surface area contributed by atoms with Crippen molar-refractivity contribution < 1.29 is 4.92 Å². The summed E-state index contributed by atoms with van der Waals surface area (Å²) >= 11 is 0. The molecule has 0 aliphatic heterocycles. The topological polar surface area (TPSA) is 79.6 Å². The zero-order valence-electron chi connectivity index (χ0n) is 13.2. The number of nitro groups is 1. The van der Waals surface area contributed by atoms with Crippen LogP contribution in [0.2, 0.25) is 0 Å². The Labute approximate surface area is 149 Å². The highest BCUT2D eigenvalue weighted by Crippen LogP contribution is 2.13. The number of aliphatic imine (C=N–C) groups is 1. The molecule has 0 saturated heterocycles. The first-order valence-corrected chi connectivity index (χ1v) is 7.42. The first-order chi connectivity index (χ1) is 10.2. The van der Waals surface area contributed by atoms with Crippen molar-refractivity contribution >= 4 is 35.6 Å². The van der Waals surface area contributed by atoms with Crippen LogP contribution < -0.4 is 10.6 Å². The molecule has 0 aromatic heterocycles. The summed E-state index contributed by atoms with van der Waals surface area (Å²) in [7, 11) is 0. The molecule has 0 radical (unpaired) electrons. The molecule has 0 aliphatic rings. The molecule has 2 N–H and O–H groups in total. The summed E-state index contributed by atoms with van der Waals surface area (Å²) in [6, 6.07) is 6.58. The Hall–Kier alpha value is -1.38. The van der Waals surface area contributed by atoms with Crippen molar-refractivity contribution in [2.24, 2.45) is 4.99 Å². The Bertz CT molecular complexity index is 480. The van der Waals surface area contributed by atoms with Crippen molar-refractivity contribution in [3.8, 4) is 0 Å². The van der Waals surface area contributed by atoms with Gasteiger partial charge in [-0.3, -0.25) is 10.1 Å². The van der Waals surface area contributed by atoms with Crippen molar-refractivity contribution in [2.45, 2.75) is 39.7 Å². The van der Waals surface area contributed by atoms with Gasteiger partial charge in [-0.25, -0.2) is 4.99 Å². The molecule has 6 nitrogen and oxygen atoms in total. The van der Waals surface area contributed by atoms with E-state index in [1.165, 1.54) is 18.9 Å². The molecule has 7 heteroatoms. The second-order valence-corrected chi connectivity index (χ2v) is 4.76. The third-order valence-corrected chi connectivity index (χ3v) is 2.96. The third kappa shape index (κ3) is 8.16. The molecule has 124 valence electrons. The van der Waals surface area contributed by atoms with Gasteiger partial charge in [0.2, 0.25) is 0 Å². The molecule has 22 heavy (non-hydrogen) atoms. The molecular weight excluding hydrogens is 395 g/mol. The van der Waals surface area contributed by atoms with E-state index in [-0.39, 0.29) is 34.6 Å². The van der Waals surface area contributed by atoms with Crippen LogP contribution in [0.15, 0.2) is 29.3 Å². The number of nitro benzene ring substituents is 1. The van der Waals surface area contributed by atoms with Gasteiger partial charge in [-0.15, -0.1) is 24.0 Å². The van der Waals surface area contributed by atoms with E-state index in [0.29, 0.717) is 6.54 Å². The van der Waals surface area contributed by atoms with E-state index in [2.05, 4.69) is 22.5 Å². The standard InChI is InChI=1S/C15H24N4O2.HI/c1-3-5-6-10-17-15(16-4-2)18-12-13-8-7-9-14(11-13)19(20)21;/h7-9,11H,3-6,10,12H2,1-2H3,(H2,16,17,18);1H. The summed E-state index contributed by atoms with van der Waals surface area (Å²) < 4.78 is 0. The maximum atomic E-state index is 10.7. The maximum absolute atomic E-state index is 10.7. The highest BCUT2D eigenvalue weighted by Gasteiger charge is 2.05. The van der Waals surface area contributed by atoms with Gasteiger partial charge in [-0.1, -0.05) is 31.9 Å². The van der Waals surface area contributed by atoms with Crippen LogP contribution in [0.5, 0.6) is 0 Å². The van der Waals surface area contributed by atoms with Gasteiger partial charge in [0.25, 0.3) is 5.69 Å². The fraction of sp³-hybridized carbons (Fsp3) is 0.533. The normalized spacial score (nSPS) is 10.7. The Kier molecular flexibility index (Phi) is 11.4. The van der Waals surface area contributed by atoms with Crippen LogP contribution in [0.3, 0.4) is 0 Å². The van der Waals surface area contributed by atoms with Gasteiger partial charge in [-0.05, 0) is 18.9 Å². The average molecular weight is 420 g/mol. The van der Waals surface area contributed by atoms with Crippen LogP contribution in [-0.2, 0) is 6.54 Å². The molecule has 0 heterocycles. The van der Waals surface area contributed by atoms with Crippen LogP contribution >= 0.6 is 24.0 Å². The summed E-state index contributed by atoms with van der Waals surface area (Å²) in [6.07, 6.45) is 3.48. The molecule has 0 spiro atoms. The number of nitrogens with zero attached hydrogens (tertiary/aromatic N) is 2. The van der Waals surface area contributed by atoms with Gasteiger partial charge < -0.3 is 10.6 Å². The van der Waals surface area contributed by atoms with Crippen molar-refractivity contribution in [2.75, 3.05) is 13.1 Å². The number of rotatable bonds is 8. The Morgan fingerprint density at radius 3 is 2.68 bits per heavy atom. The summed E-state index contributed by atoms with van der Waals surface area (Å²) in [6.45, 7) is 6.27. The number of benzene rings is 1. The zero-order chi connectivity index (χ0) is 15.5. The highest BCUT2D eigenvalue weighted by atomic mass is 127. The molecule has 0 aliphatic carbocycles. The Balaban J connectivity index is 0.00000441. The van der Waals surface area contributed by atoms with E-state index in [1.807, 2.05) is 13.0 Å². The van der Waals surface area contributed by atoms with Crippen molar-refractivity contribution in [3.05, 3.63) is 39.9 Å². The van der Waals surface area contributed by atoms with Gasteiger partial charge >= 0.3 is 0 Å². The minimum Gasteiger partial charge on any atom is -0.357 e. The average Bonchev–Trinajstić information content (AvgIpc) is 2.49. The molecule has 0 bridgehead atoms. The molecule has 1 aromatic carbocycles. The predicted octanol–water partition coefficient (Wildman–Crippen LogP) is 3.46. The summed E-state index contributed by atoms with van der Waals surface area (Å²) in [5.74, 6) is 0.750. The molecule has 0 fully saturated rings. The minimum atomic E-state index is -0.387. The van der Waals surface area contributed by atoms with Crippen LogP contribution in [0.4, 0.5) is 5.69 Å². The van der Waals surface area contributed by atoms with Gasteiger partial charge in [-0.2, -0.15) is 0 Å². The molecule has 1 aromatic rings. The molecule has 1 rings (SSSR count). The lowest BCUT2D eigenvalue weighted by atomic mass is 10.2. The van der Waals surface area contributed by atoms with E-state index < -0.39 is 0 Å². The smallest absolute Gasteiger partial charge is 0.269 e. The van der Waals surface area contributed by atoms with Gasteiger partial charge in [0, 0.05) is 25.2 Å². The third-order valence-electron chi connectivity index (χ3n) is 2.96. The van der Waals surface area contributed by atoms with E-state index in [4.69, 9.17) is 0 Å². The van der Waals surface area contributed by atoms with E-state index >= 15 is 0 Å². The highest BCUT2D eigenvalue weighted by molar-refractivity contribution is 14.0. The van der Waals surface area contributed by atoms with Gasteiger partial charge in [0.05, 0.1) is 11.5 Å². The number of hydrogen-bond acceptors (Lipinski definition) is 3. The number of nitrogens with one attached hydrogen (secondary N) is 2. The SMILES string of the molecule is CCCCCNC(=NCc1cccc([N+](=O)[O-])c1)NCC.I. The Morgan fingerprint density at radius 1 is 1.27 bits per heavy atom. The van der Waals surface area contributed by atoms with Crippen LogP contribution in [0.1, 0.15) is 38.7 Å². The zero-order valence-corrected chi connectivity index (χ0v) is 15.5. The molecular formula is C15H25IN4O2. The van der Waals surface area contributed by atoms with Crippen LogP contribution in [-0.4, -0.2) is 24.0 Å². The van der Waals surface area contributed by atoms with Crippen LogP contribution in [0.25, 0.3) is 0 Å².